The molecule has 0 fully saturated rings. The van der Waals surface area contributed by atoms with Crippen LogP contribution in [0.5, 0.6) is 0 Å². The van der Waals surface area contributed by atoms with Crippen molar-refractivity contribution in [2.75, 3.05) is 18.4 Å². The monoisotopic (exact) mass is 420 g/mol. The van der Waals surface area contributed by atoms with Gasteiger partial charge in [-0.05, 0) is 71.4 Å². The van der Waals surface area contributed by atoms with Gasteiger partial charge in [-0.15, -0.1) is 0 Å². The Kier molecular flexibility index (Phi) is 7.45. The largest absolute Gasteiger partial charge is 0.444 e. The van der Waals surface area contributed by atoms with E-state index >= 15 is 0 Å². The fourth-order valence-electron chi connectivity index (χ4n) is 3.32. The molecule has 0 bridgehead atoms. The number of fused-ring (bicyclic) bond motifs is 1. The molecular weight excluding hydrogens is 392 g/mol. The highest BCUT2D eigenvalue weighted by molar-refractivity contribution is 5.97. The van der Waals surface area contributed by atoms with E-state index < -0.39 is 6.09 Å². The first-order valence-electron chi connectivity index (χ1n) is 10.3. The van der Waals surface area contributed by atoms with Crippen LogP contribution in [0.25, 0.3) is 10.8 Å². The van der Waals surface area contributed by atoms with Crippen molar-refractivity contribution in [1.82, 2.24) is 4.90 Å². The number of hydrogen-bond acceptors (Lipinski definition) is 5. The van der Waals surface area contributed by atoms with Crippen molar-refractivity contribution in [2.45, 2.75) is 27.0 Å². The maximum atomic E-state index is 12.1. The first-order valence-corrected chi connectivity index (χ1v) is 10.3. The second kappa shape index (κ2) is 10.4. The lowest BCUT2D eigenvalue weighted by atomic mass is 10.0. The molecule has 162 valence electrons. The number of nitrogens with one attached hydrogen (secondary N) is 1. The molecule has 0 aliphatic heterocycles. The number of anilines is 1. The standard InChI is InChI=1S/C24H28N4O3/c1-3-28(4-2)15-17-5-7-21-14-18(6-8-20(21)13-17)16-31-24(29)26-22-11-9-19(10-12-22)23(25)27-30/h5-14,30H,3-4,15-16H2,1-2H3,(H2,25,27)(H,26,29). The SMILES string of the molecule is CCN(CC)Cc1ccc2cc(COC(=O)Nc3ccc(/C(N)=N/O)cc3)ccc2c1. The van der Waals surface area contributed by atoms with Crippen molar-refractivity contribution in [3.8, 4) is 0 Å². The number of amides is 1. The van der Waals surface area contributed by atoms with Crippen LogP contribution in [-0.4, -0.2) is 35.1 Å². The molecule has 0 radical (unpaired) electrons. The van der Waals surface area contributed by atoms with Crippen LogP contribution >= 0.6 is 0 Å². The Hall–Kier alpha value is -3.58. The molecule has 0 heterocycles. The molecule has 7 heteroatoms. The van der Waals surface area contributed by atoms with Gasteiger partial charge in [-0.1, -0.05) is 43.3 Å². The highest BCUT2D eigenvalue weighted by Crippen LogP contribution is 2.20. The molecule has 0 unspecified atom stereocenters. The molecule has 3 aromatic rings. The topological polar surface area (TPSA) is 100 Å². The summed E-state index contributed by atoms with van der Waals surface area (Å²) >= 11 is 0. The molecule has 0 saturated carbocycles. The van der Waals surface area contributed by atoms with Crippen LogP contribution in [0, 0.1) is 0 Å². The minimum Gasteiger partial charge on any atom is -0.444 e. The lowest BCUT2D eigenvalue weighted by Crippen LogP contribution is -2.21. The van der Waals surface area contributed by atoms with E-state index in [1.54, 1.807) is 24.3 Å². The zero-order valence-electron chi connectivity index (χ0n) is 17.8. The molecular formula is C24H28N4O3. The second-order valence-corrected chi connectivity index (χ2v) is 7.24. The van der Waals surface area contributed by atoms with Crippen molar-refractivity contribution in [1.29, 1.82) is 0 Å². The summed E-state index contributed by atoms with van der Waals surface area (Å²) in [6, 6.07) is 19.1. The second-order valence-electron chi connectivity index (χ2n) is 7.24. The molecule has 0 aliphatic rings. The van der Waals surface area contributed by atoms with Gasteiger partial charge >= 0.3 is 6.09 Å². The summed E-state index contributed by atoms with van der Waals surface area (Å²) in [5.74, 6) is 0.00519. The normalized spacial score (nSPS) is 11.6. The van der Waals surface area contributed by atoms with Gasteiger partial charge in [0, 0.05) is 17.8 Å². The number of nitrogens with zero attached hydrogens (tertiary/aromatic N) is 2. The van der Waals surface area contributed by atoms with Gasteiger partial charge in [0.1, 0.15) is 6.61 Å². The summed E-state index contributed by atoms with van der Waals surface area (Å²) < 4.78 is 5.34. The molecule has 7 nitrogen and oxygen atoms in total. The average Bonchev–Trinajstić information content (AvgIpc) is 2.81. The first-order chi connectivity index (χ1) is 15.0. The zero-order valence-corrected chi connectivity index (χ0v) is 17.8. The summed E-state index contributed by atoms with van der Waals surface area (Å²) in [5.41, 5.74) is 8.84. The third-order valence-corrected chi connectivity index (χ3v) is 5.17. The predicted molar refractivity (Wildman–Crippen MR) is 123 cm³/mol. The summed E-state index contributed by atoms with van der Waals surface area (Å²) in [4.78, 5) is 14.5. The molecule has 31 heavy (non-hydrogen) atoms. The number of benzene rings is 3. The Morgan fingerprint density at radius 3 is 2.23 bits per heavy atom. The van der Waals surface area contributed by atoms with Crippen LogP contribution in [0.1, 0.15) is 30.5 Å². The minimum atomic E-state index is -0.550. The average molecular weight is 421 g/mol. The van der Waals surface area contributed by atoms with E-state index in [0.29, 0.717) is 11.3 Å². The Balaban J connectivity index is 1.58. The molecule has 4 N–H and O–H groups in total. The van der Waals surface area contributed by atoms with Crippen molar-refractivity contribution < 1.29 is 14.7 Å². The fourth-order valence-corrected chi connectivity index (χ4v) is 3.32. The number of carbonyl (C=O) groups is 1. The van der Waals surface area contributed by atoms with Gasteiger partial charge in [0.15, 0.2) is 5.84 Å². The fraction of sp³-hybridized carbons (Fsp3) is 0.250. The zero-order chi connectivity index (χ0) is 22.2. The first kappa shape index (κ1) is 22.1. The molecule has 0 spiro atoms. The van der Waals surface area contributed by atoms with E-state index in [1.807, 2.05) is 12.1 Å². The van der Waals surface area contributed by atoms with Gasteiger partial charge in [0.25, 0.3) is 0 Å². The van der Waals surface area contributed by atoms with Crippen molar-refractivity contribution >= 4 is 28.4 Å². The van der Waals surface area contributed by atoms with Crippen molar-refractivity contribution in [3.63, 3.8) is 0 Å². The number of rotatable bonds is 8. The maximum Gasteiger partial charge on any atom is 0.411 e. The van der Waals surface area contributed by atoms with Crippen LogP contribution in [-0.2, 0) is 17.9 Å². The van der Waals surface area contributed by atoms with Gasteiger partial charge in [-0.2, -0.15) is 0 Å². The van der Waals surface area contributed by atoms with Crippen LogP contribution in [0.15, 0.2) is 65.8 Å². The number of hydrogen-bond donors (Lipinski definition) is 3. The molecule has 0 aliphatic carbocycles. The van der Waals surface area contributed by atoms with E-state index in [-0.39, 0.29) is 12.4 Å². The van der Waals surface area contributed by atoms with Crippen molar-refractivity contribution in [3.05, 3.63) is 77.4 Å². The van der Waals surface area contributed by atoms with Gasteiger partial charge < -0.3 is 15.7 Å². The van der Waals surface area contributed by atoms with Crippen LogP contribution in [0.3, 0.4) is 0 Å². The summed E-state index contributed by atoms with van der Waals surface area (Å²) in [6.45, 7) is 7.51. The number of ether oxygens (including phenoxy) is 1. The molecule has 0 aromatic heterocycles. The Morgan fingerprint density at radius 1 is 1.00 bits per heavy atom. The van der Waals surface area contributed by atoms with E-state index in [2.05, 4.69) is 53.5 Å². The molecule has 3 rings (SSSR count). The van der Waals surface area contributed by atoms with E-state index in [0.717, 1.165) is 30.6 Å². The number of amidine groups is 1. The Morgan fingerprint density at radius 2 is 1.61 bits per heavy atom. The van der Waals surface area contributed by atoms with E-state index in [1.165, 1.54) is 10.9 Å². The lowest BCUT2D eigenvalue weighted by Gasteiger charge is -2.18. The number of oxime groups is 1. The molecule has 1 amide bonds. The molecule has 3 aromatic carbocycles. The molecule has 0 saturated heterocycles. The van der Waals surface area contributed by atoms with E-state index in [9.17, 15) is 4.79 Å². The summed E-state index contributed by atoms with van der Waals surface area (Å²) in [6.07, 6.45) is -0.550. The van der Waals surface area contributed by atoms with Gasteiger partial charge in [0.2, 0.25) is 0 Å². The third kappa shape index (κ3) is 5.96. The summed E-state index contributed by atoms with van der Waals surface area (Å²) in [5, 5.41) is 16.6. The maximum absolute atomic E-state index is 12.1. The lowest BCUT2D eigenvalue weighted by molar-refractivity contribution is 0.155. The highest BCUT2D eigenvalue weighted by Gasteiger charge is 2.07. The third-order valence-electron chi connectivity index (χ3n) is 5.17. The minimum absolute atomic E-state index is 0.00519. The Labute approximate surface area is 182 Å². The van der Waals surface area contributed by atoms with Crippen LogP contribution in [0.2, 0.25) is 0 Å². The van der Waals surface area contributed by atoms with Gasteiger partial charge in [-0.25, -0.2) is 4.79 Å². The molecule has 0 atom stereocenters. The van der Waals surface area contributed by atoms with Crippen LogP contribution < -0.4 is 11.1 Å². The van der Waals surface area contributed by atoms with E-state index in [4.69, 9.17) is 15.7 Å². The summed E-state index contributed by atoms with van der Waals surface area (Å²) in [7, 11) is 0. The van der Waals surface area contributed by atoms with Crippen LogP contribution in [0.4, 0.5) is 10.5 Å². The number of carbonyl (C=O) groups excluding carboxylic acids is 1. The van der Waals surface area contributed by atoms with Gasteiger partial charge in [0.05, 0.1) is 0 Å². The van der Waals surface area contributed by atoms with Gasteiger partial charge in [-0.3, -0.25) is 10.2 Å². The number of nitrogens with two attached hydrogens (primary N) is 1. The quantitative estimate of drug-likeness (QED) is 0.215. The smallest absolute Gasteiger partial charge is 0.411 e. The van der Waals surface area contributed by atoms with Crippen molar-refractivity contribution in [2.24, 2.45) is 10.9 Å². The predicted octanol–water partition coefficient (Wildman–Crippen LogP) is 4.52. The Bertz CT molecular complexity index is 1060. The highest BCUT2D eigenvalue weighted by atomic mass is 16.5.